The number of likely N-dealkylation sites (tertiary alicyclic amines) is 1. The van der Waals surface area contributed by atoms with Crippen LogP contribution >= 0.6 is 10.6 Å². The Hall–Kier alpha value is -2.44. The normalized spacial score (nSPS) is 19.8. The number of sulfonamides is 1. The zero-order valence-electron chi connectivity index (χ0n) is 20.5. The van der Waals surface area contributed by atoms with Gasteiger partial charge in [-0.05, 0) is 48.6 Å². The number of nitrogens with zero attached hydrogens (tertiary/aromatic N) is 1. The highest BCUT2D eigenvalue weighted by molar-refractivity contribution is 8.24. The van der Waals surface area contributed by atoms with Crippen LogP contribution in [0.25, 0.3) is 0 Å². The number of hydrogen-bond donors (Lipinski definition) is 4. The summed E-state index contributed by atoms with van der Waals surface area (Å²) in [6.45, 7) is 6.33. The van der Waals surface area contributed by atoms with E-state index in [2.05, 4.69) is 4.72 Å². The van der Waals surface area contributed by atoms with Gasteiger partial charge in [-0.25, -0.2) is 13.1 Å². The number of amides is 1. The molecule has 2 aromatic rings. The molecule has 0 aliphatic carbocycles. The van der Waals surface area contributed by atoms with E-state index in [4.69, 9.17) is 5.11 Å². The Morgan fingerprint density at radius 3 is 2.33 bits per heavy atom. The number of fused-ring (bicyclic) bond motifs is 2. The average Bonchev–Trinajstić information content (AvgIpc) is 2.81. The minimum absolute atomic E-state index is 0.00336. The van der Waals surface area contributed by atoms with Crippen molar-refractivity contribution in [1.82, 2.24) is 9.62 Å². The Morgan fingerprint density at radius 2 is 1.69 bits per heavy atom. The Bertz CT molecular complexity index is 1310. The van der Waals surface area contributed by atoms with Gasteiger partial charge in [-0.1, -0.05) is 38.1 Å². The van der Waals surface area contributed by atoms with Gasteiger partial charge in [0.15, 0.2) is 0 Å². The van der Waals surface area contributed by atoms with Gasteiger partial charge in [0.05, 0.1) is 21.1 Å². The van der Waals surface area contributed by atoms with E-state index in [1.807, 2.05) is 26.0 Å². The molecule has 2 heterocycles. The molecule has 0 saturated carbocycles. The molecule has 4 N–H and O–H groups in total. The molecule has 2 aliphatic rings. The van der Waals surface area contributed by atoms with Crippen molar-refractivity contribution >= 4 is 32.5 Å². The molecule has 0 atom stereocenters. The van der Waals surface area contributed by atoms with Gasteiger partial charge in [-0.3, -0.25) is 18.7 Å². The first-order valence-corrected chi connectivity index (χ1v) is 14.8. The van der Waals surface area contributed by atoms with Gasteiger partial charge < -0.3 is 10.0 Å². The maximum atomic E-state index is 13.4. The summed E-state index contributed by atoms with van der Waals surface area (Å²) < 4.78 is 52.0. The van der Waals surface area contributed by atoms with Gasteiger partial charge >= 0.3 is 5.97 Å². The van der Waals surface area contributed by atoms with Gasteiger partial charge in [0, 0.05) is 31.0 Å². The number of piperidine rings is 1. The van der Waals surface area contributed by atoms with Crippen LogP contribution in [0.15, 0.2) is 51.1 Å². The van der Waals surface area contributed by atoms with Crippen molar-refractivity contribution in [3.63, 3.8) is 0 Å². The van der Waals surface area contributed by atoms with E-state index in [0.717, 1.165) is 5.56 Å². The van der Waals surface area contributed by atoms with Crippen molar-refractivity contribution in [3.8, 4) is 0 Å². The lowest BCUT2D eigenvalue weighted by Gasteiger charge is -2.46. The summed E-state index contributed by atoms with van der Waals surface area (Å²) in [4.78, 5) is 25.1. The molecular formula is C25H32N2O7S2. The first-order valence-electron chi connectivity index (χ1n) is 11.8. The Kier molecular flexibility index (Phi) is 6.99. The predicted octanol–water partition coefficient (Wildman–Crippen LogP) is 3.94. The SMILES string of the molecule is Cc1cc2c(cc1S(=O)(=O)NC1CCN(C(=O)CCC(=O)O)CC1)S(O)(O)c1ccccc1C2(C)C. The number of aliphatic carboxylic acids is 1. The molecule has 0 radical (unpaired) electrons. The number of carbonyl (C=O) groups is 2. The third kappa shape index (κ3) is 4.78. The number of rotatable bonds is 6. The number of hydrogen-bond acceptors (Lipinski definition) is 6. The van der Waals surface area contributed by atoms with E-state index in [1.54, 1.807) is 30.0 Å². The average molecular weight is 537 g/mol. The molecule has 0 unspecified atom stereocenters. The van der Waals surface area contributed by atoms with Crippen LogP contribution in [-0.2, 0) is 25.0 Å². The van der Waals surface area contributed by atoms with Crippen molar-refractivity contribution in [3.05, 3.63) is 53.1 Å². The number of carboxylic acid groups (broad SMARTS) is 1. The molecule has 1 fully saturated rings. The topological polar surface area (TPSA) is 144 Å². The van der Waals surface area contributed by atoms with Crippen LogP contribution < -0.4 is 4.72 Å². The standard InChI is InChI=1S/C25H32N2O7S2/c1-16-14-19-22(35(31,32)20-7-5-4-6-18(20)25(19,2)3)15-21(16)36(33,34)26-17-10-12-27(13-11-17)23(28)8-9-24(29)30/h4-7,14-15,17,26,31-32H,8-13H2,1-3H3,(H,29,30). The third-order valence-corrected chi connectivity index (χ3v) is 10.7. The third-order valence-electron chi connectivity index (χ3n) is 7.14. The summed E-state index contributed by atoms with van der Waals surface area (Å²) in [5, 5.41) is 8.77. The lowest BCUT2D eigenvalue weighted by molar-refractivity contribution is -0.141. The Balaban J connectivity index is 1.57. The van der Waals surface area contributed by atoms with E-state index in [0.29, 0.717) is 42.0 Å². The molecule has 0 spiro atoms. The largest absolute Gasteiger partial charge is 0.481 e. The van der Waals surface area contributed by atoms with E-state index < -0.39 is 38.0 Å². The second kappa shape index (κ2) is 9.46. The second-order valence-corrected chi connectivity index (χ2v) is 13.6. The number of aryl methyl sites for hydroxylation is 1. The predicted molar refractivity (Wildman–Crippen MR) is 136 cm³/mol. The van der Waals surface area contributed by atoms with E-state index in [1.165, 1.54) is 6.07 Å². The summed E-state index contributed by atoms with van der Waals surface area (Å²) in [5.74, 6) is -1.28. The summed E-state index contributed by atoms with van der Waals surface area (Å²) in [7, 11) is -7.40. The number of nitrogens with one attached hydrogen (secondary N) is 1. The molecule has 0 bridgehead atoms. The summed E-state index contributed by atoms with van der Waals surface area (Å²) in [6, 6.07) is 9.86. The highest BCUT2D eigenvalue weighted by Crippen LogP contribution is 2.65. The smallest absolute Gasteiger partial charge is 0.303 e. The van der Waals surface area contributed by atoms with Crippen LogP contribution in [0, 0.1) is 6.92 Å². The molecule has 196 valence electrons. The molecule has 1 amide bonds. The van der Waals surface area contributed by atoms with Crippen LogP contribution in [-0.4, -0.2) is 58.5 Å². The van der Waals surface area contributed by atoms with Crippen LogP contribution in [0.3, 0.4) is 0 Å². The van der Waals surface area contributed by atoms with Crippen molar-refractivity contribution < 1.29 is 32.2 Å². The van der Waals surface area contributed by atoms with Gasteiger partial charge in [0.2, 0.25) is 15.9 Å². The van der Waals surface area contributed by atoms with E-state index in [9.17, 15) is 27.1 Å². The van der Waals surface area contributed by atoms with E-state index in [-0.39, 0.29) is 28.5 Å². The summed E-state index contributed by atoms with van der Waals surface area (Å²) in [5.41, 5.74) is 1.44. The highest BCUT2D eigenvalue weighted by atomic mass is 32.3. The molecule has 9 nitrogen and oxygen atoms in total. The highest BCUT2D eigenvalue weighted by Gasteiger charge is 2.42. The van der Waals surface area contributed by atoms with Gasteiger partial charge in [0.25, 0.3) is 0 Å². The first kappa shape index (κ1) is 26.6. The summed E-state index contributed by atoms with van der Waals surface area (Å²) >= 11 is 0. The number of carboxylic acids is 1. The molecule has 4 rings (SSSR count). The lowest BCUT2D eigenvalue weighted by Crippen LogP contribution is -2.46. The minimum Gasteiger partial charge on any atom is -0.481 e. The molecule has 2 aromatic carbocycles. The maximum absolute atomic E-state index is 13.4. The van der Waals surface area contributed by atoms with Crippen LogP contribution in [0.5, 0.6) is 0 Å². The zero-order valence-corrected chi connectivity index (χ0v) is 22.2. The lowest BCUT2D eigenvalue weighted by atomic mass is 9.77. The number of carbonyl (C=O) groups excluding carboxylic acids is 1. The number of benzene rings is 2. The van der Waals surface area contributed by atoms with Crippen molar-refractivity contribution in [2.45, 2.75) is 72.6 Å². The van der Waals surface area contributed by atoms with Crippen molar-refractivity contribution in [2.24, 2.45) is 0 Å². The van der Waals surface area contributed by atoms with Crippen LogP contribution in [0.2, 0.25) is 0 Å². The van der Waals surface area contributed by atoms with Gasteiger partial charge in [-0.15, -0.1) is 10.6 Å². The fraction of sp³-hybridized carbons (Fsp3) is 0.440. The fourth-order valence-corrected chi connectivity index (χ4v) is 8.75. The minimum atomic E-state index is -3.99. The van der Waals surface area contributed by atoms with Crippen LogP contribution in [0.1, 0.15) is 56.2 Å². The summed E-state index contributed by atoms with van der Waals surface area (Å²) in [6.07, 6.45) is 0.491. The fourth-order valence-electron chi connectivity index (χ4n) is 5.08. The Morgan fingerprint density at radius 1 is 1.06 bits per heavy atom. The Labute approximate surface area is 212 Å². The molecular weight excluding hydrogens is 504 g/mol. The molecule has 11 heteroatoms. The molecule has 36 heavy (non-hydrogen) atoms. The molecule has 2 aliphatic heterocycles. The quantitative estimate of drug-likeness (QED) is 0.438. The maximum Gasteiger partial charge on any atom is 0.303 e. The van der Waals surface area contributed by atoms with E-state index >= 15 is 0 Å². The van der Waals surface area contributed by atoms with Crippen molar-refractivity contribution in [1.29, 1.82) is 0 Å². The zero-order chi connectivity index (χ0) is 26.5. The first-order chi connectivity index (χ1) is 16.7. The van der Waals surface area contributed by atoms with Crippen LogP contribution in [0.4, 0.5) is 0 Å². The molecule has 1 saturated heterocycles. The molecule has 0 aromatic heterocycles. The van der Waals surface area contributed by atoms with Gasteiger partial charge in [0.1, 0.15) is 0 Å². The van der Waals surface area contributed by atoms with Crippen molar-refractivity contribution in [2.75, 3.05) is 13.1 Å². The van der Waals surface area contributed by atoms with Gasteiger partial charge in [-0.2, -0.15) is 0 Å². The second-order valence-electron chi connectivity index (χ2n) is 9.95. The monoisotopic (exact) mass is 536 g/mol.